The van der Waals surface area contributed by atoms with E-state index in [1.807, 2.05) is 0 Å². The van der Waals surface area contributed by atoms with Gasteiger partial charge in [0.05, 0.1) is 0 Å². The van der Waals surface area contributed by atoms with Gasteiger partial charge in [0.1, 0.15) is 0 Å². The summed E-state index contributed by atoms with van der Waals surface area (Å²) in [6.07, 6.45) is 0. The molecule has 0 unspecified atom stereocenters. The first kappa shape index (κ1) is 9.18. The average Bonchev–Trinajstić information content (AvgIpc) is 0.918. The fraction of sp³-hybridized carbons (Fsp3) is 0. The van der Waals surface area contributed by atoms with Crippen molar-refractivity contribution in [2.45, 2.75) is 0 Å². The van der Waals surface area contributed by atoms with E-state index in [9.17, 15) is 0 Å². The Morgan fingerprint density at radius 2 is 1.75 bits per heavy atom. The van der Waals surface area contributed by atoms with Crippen molar-refractivity contribution >= 4 is 52.2 Å². The molecule has 4 heteroatoms. The van der Waals surface area contributed by atoms with Crippen LogP contribution in [0, 0.1) is 0 Å². The van der Waals surface area contributed by atoms with Gasteiger partial charge in [-0.2, -0.15) is 0 Å². The van der Waals surface area contributed by atoms with E-state index in [4.69, 9.17) is 0 Å². The van der Waals surface area contributed by atoms with Gasteiger partial charge in [0.15, 0.2) is 0 Å². The Bertz CT molecular complexity index is 6.00. The molecular formula is H4NNaS2. The van der Waals surface area contributed by atoms with Crippen LogP contribution in [0.5, 0.6) is 0 Å². The maximum atomic E-state index is 4.63. The molecule has 2 N–H and O–H groups in total. The molecule has 0 aromatic rings. The number of hydrogen-bond donors (Lipinski definition) is 2. The summed E-state index contributed by atoms with van der Waals surface area (Å²) in [5.41, 5.74) is 0. The van der Waals surface area contributed by atoms with Crippen LogP contribution < -0.4 is 5.14 Å². The van der Waals surface area contributed by atoms with Crippen LogP contribution in [-0.4, -0.2) is 29.6 Å². The molecule has 0 rings (SSSR count). The van der Waals surface area contributed by atoms with Crippen LogP contribution >= 0.6 is 22.6 Å². The molecule has 0 saturated carbocycles. The molecule has 0 aliphatic rings. The molecule has 0 aromatic carbocycles. The van der Waals surface area contributed by atoms with E-state index in [2.05, 4.69) is 16.8 Å². The van der Waals surface area contributed by atoms with Gasteiger partial charge in [0, 0.05) is 0 Å². The van der Waals surface area contributed by atoms with Crippen molar-refractivity contribution in [2.75, 3.05) is 0 Å². The van der Waals surface area contributed by atoms with Crippen LogP contribution in [0.4, 0.5) is 0 Å². The fourth-order valence-electron chi connectivity index (χ4n) is 0. The second-order valence-corrected chi connectivity index (χ2v) is 0.949. The summed E-state index contributed by atoms with van der Waals surface area (Å²) >= 11 is 3.48. The third kappa shape index (κ3) is 9.40. The third-order valence-electron chi connectivity index (χ3n) is 0. The van der Waals surface area contributed by atoms with E-state index >= 15 is 0 Å². The Morgan fingerprint density at radius 3 is 1.75 bits per heavy atom. The summed E-state index contributed by atoms with van der Waals surface area (Å²) in [6.45, 7) is 0. The van der Waals surface area contributed by atoms with E-state index < -0.39 is 0 Å². The van der Waals surface area contributed by atoms with Crippen molar-refractivity contribution in [3.63, 3.8) is 0 Å². The summed E-state index contributed by atoms with van der Waals surface area (Å²) in [5.74, 6) is 0. The molecule has 0 fully saturated rings. The summed E-state index contributed by atoms with van der Waals surface area (Å²) in [7, 11) is 0.944. The normalized spacial score (nSPS) is 4.50. The van der Waals surface area contributed by atoms with Crippen LogP contribution in [0.2, 0.25) is 0 Å². The summed E-state index contributed by atoms with van der Waals surface area (Å²) < 4.78 is 0. The molecule has 22 valence electrons. The van der Waals surface area contributed by atoms with Crippen molar-refractivity contribution in [1.82, 2.24) is 0 Å². The third-order valence-corrected chi connectivity index (χ3v) is 0. The van der Waals surface area contributed by atoms with Crippen molar-refractivity contribution in [3.05, 3.63) is 0 Å². The Labute approximate surface area is 56.9 Å². The Hall–Kier alpha value is 1.66. The van der Waals surface area contributed by atoms with Crippen LogP contribution in [0.3, 0.4) is 0 Å². The van der Waals surface area contributed by atoms with Crippen LogP contribution in [0.15, 0.2) is 0 Å². The van der Waals surface area contributed by atoms with Crippen LogP contribution in [0.25, 0.3) is 0 Å². The molecule has 0 amide bonds. The van der Waals surface area contributed by atoms with E-state index in [-0.39, 0.29) is 29.6 Å². The summed E-state index contributed by atoms with van der Waals surface area (Å²) in [5, 5.41) is 4.63. The Morgan fingerprint density at radius 1 is 1.75 bits per heavy atom. The number of rotatable bonds is 0. The summed E-state index contributed by atoms with van der Waals surface area (Å²) in [6, 6.07) is 0. The zero-order valence-electron chi connectivity index (χ0n) is 1.43. The molecule has 0 heterocycles. The first-order valence-corrected chi connectivity index (χ1v) is 2.35. The number of hydrogen-bond acceptors (Lipinski definition) is 3. The molecular weight excluding hydrogens is 101 g/mol. The molecule has 0 aromatic heterocycles. The Kier molecular flexibility index (Phi) is 20.2. The molecule has 4 heavy (non-hydrogen) atoms. The standard InChI is InChI=1S/H3NS2.Na.H/c1-3-2;;/h2H,1H2;;. The van der Waals surface area contributed by atoms with Gasteiger partial charge in [-0.15, -0.1) is 0 Å². The average molecular weight is 105 g/mol. The van der Waals surface area contributed by atoms with Crippen LogP contribution in [0.1, 0.15) is 0 Å². The zero-order chi connectivity index (χ0) is 2.71. The van der Waals surface area contributed by atoms with Gasteiger partial charge in [0.25, 0.3) is 0 Å². The van der Waals surface area contributed by atoms with E-state index in [0.717, 1.165) is 11.0 Å². The van der Waals surface area contributed by atoms with Crippen LogP contribution in [-0.2, 0) is 0 Å². The SMILES string of the molecule is NSS.[NaH]. The van der Waals surface area contributed by atoms with Crippen molar-refractivity contribution in [1.29, 1.82) is 0 Å². The monoisotopic (exact) mass is 105 g/mol. The molecule has 0 radical (unpaired) electrons. The maximum absolute atomic E-state index is 4.63. The van der Waals surface area contributed by atoms with Gasteiger partial charge in [-0.3, -0.25) is 5.14 Å². The van der Waals surface area contributed by atoms with Crippen molar-refractivity contribution < 1.29 is 0 Å². The molecule has 0 saturated heterocycles. The number of thiol groups is 1. The van der Waals surface area contributed by atoms with Gasteiger partial charge < -0.3 is 0 Å². The minimum absolute atomic E-state index is 0. The number of nitrogens with two attached hydrogens (primary N) is 1. The summed E-state index contributed by atoms with van der Waals surface area (Å²) in [4.78, 5) is 0. The van der Waals surface area contributed by atoms with Crippen molar-refractivity contribution in [3.8, 4) is 0 Å². The topological polar surface area (TPSA) is 26.0 Å². The molecule has 0 atom stereocenters. The molecule has 0 aliphatic carbocycles. The van der Waals surface area contributed by atoms with Gasteiger partial charge in [-0.1, -0.05) is 11.7 Å². The van der Waals surface area contributed by atoms with E-state index in [1.54, 1.807) is 0 Å². The van der Waals surface area contributed by atoms with Gasteiger partial charge in [0.2, 0.25) is 0 Å². The molecule has 0 spiro atoms. The molecule has 0 bridgehead atoms. The zero-order valence-corrected chi connectivity index (χ0v) is 3.14. The molecule has 1 nitrogen and oxygen atoms in total. The van der Waals surface area contributed by atoms with E-state index in [0.29, 0.717) is 0 Å². The Balaban J connectivity index is 0. The predicted molar refractivity (Wildman–Crippen MR) is 27.9 cm³/mol. The van der Waals surface area contributed by atoms with Gasteiger partial charge in [-0.05, 0) is 11.0 Å². The second-order valence-electron chi connectivity index (χ2n) is 0.105. The first-order chi connectivity index (χ1) is 1.41. The fourth-order valence-corrected chi connectivity index (χ4v) is 0. The molecule has 0 aliphatic heterocycles. The van der Waals surface area contributed by atoms with E-state index in [1.165, 1.54) is 0 Å². The second kappa shape index (κ2) is 8.82. The van der Waals surface area contributed by atoms with Crippen molar-refractivity contribution in [2.24, 2.45) is 5.14 Å². The van der Waals surface area contributed by atoms with Gasteiger partial charge >= 0.3 is 29.6 Å². The van der Waals surface area contributed by atoms with Gasteiger partial charge in [-0.25, -0.2) is 0 Å². The quantitative estimate of drug-likeness (QED) is 0.193. The minimum atomic E-state index is 0. The first-order valence-electron chi connectivity index (χ1n) is 0.418. The predicted octanol–water partition coefficient (Wildman–Crippen LogP) is -0.210.